The van der Waals surface area contributed by atoms with Gasteiger partial charge in [0.1, 0.15) is 17.3 Å². The van der Waals surface area contributed by atoms with Crippen LogP contribution in [0.25, 0.3) is 11.1 Å². The molecule has 6 heteroatoms. The van der Waals surface area contributed by atoms with Crippen molar-refractivity contribution in [3.63, 3.8) is 0 Å². The molecule has 2 nitrogen and oxygen atoms in total. The average Bonchev–Trinajstić information content (AvgIpc) is 2.72. The molecule has 0 saturated carbocycles. The molecule has 0 atom stereocenters. The Hall–Kier alpha value is -3.28. The van der Waals surface area contributed by atoms with Crippen molar-refractivity contribution in [3.05, 3.63) is 95.3 Å². The van der Waals surface area contributed by atoms with E-state index in [9.17, 15) is 17.6 Å². The topological polar surface area (TPSA) is 18.5 Å². The SMILES string of the molecule is COc1ccc(C(=C(c2ccc(OC)cc2)C(F)(F)F)c2ccc(F)cc2)cc1. The summed E-state index contributed by atoms with van der Waals surface area (Å²) in [5.74, 6) is 0.439. The highest BCUT2D eigenvalue weighted by Gasteiger charge is 2.38. The van der Waals surface area contributed by atoms with E-state index in [0.717, 1.165) is 12.1 Å². The molecule has 3 aromatic carbocycles. The molecule has 0 aromatic heterocycles. The van der Waals surface area contributed by atoms with E-state index in [2.05, 4.69) is 0 Å². The Morgan fingerprint density at radius 1 is 0.621 bits per heavy atom. The number of hydrogen-bond donors (Lipinski definition) is 0. The molecule has 0 saturated heterocycles. The first-order valence-corrected chi connectivity index (χ1v) is 8.69. The second-order valence-electron chi connectivity index (χ2n) is 6.21. The van der Waals surface area contributed by atoms with Gasteiger partial charge in [-0.3, -0.25) is 0 Å². The number of benzene rings is 3. The summed E-state index contributed by atoms with van der Waals surface area (Å²) in [4.78, 5) is 0. The van der Waals surface area contributed by atoms with E-state index in [1.165, 1.54) is 50.6 Å². The second kappa shape index (κ2) is 8.39. The Kier molecular flexibility index (Phi) is 5.92. The van der Waals surface area contributed by atoms with Gasteiger partial charge < -0.3 is 9.47 Å². The van der Waals surface area contributed by atoms with Gasteiger partial charge in [0, 0.05) is 5.57 Å². The van der Waals surface area contributed by atoms with Crippen molar-refractivity contribution in [3.8, 4) is 11.5 Å². The number of methoxy groups -OCH3 is 2. The molecule has 0 heterocycles. The first kappa shape index (κ1) is 20.5. The van der Waals surface area contributed by atoms with Crippen LogP contribution >= 0.6 is 0 Å². The standard InChI is InChI=1S/C23H18F4O2/c1-28-19-11-5-16(6-12-19)21(15-3-9-18(24)10-4-15)22(23(25,26)27)17-7-13-20(29-2)14-8-17/h3-14H,1-2H3. The van der Waals surface area contributed by atoms with Gasteiger partial charge in [-0.2, -0.15) is 13.2 Å². The van der Waals surface area contributed by atoms with Crippen molar-refractivity contribution in [2.24, 2.45) is 0 Å². The number of rotatable bonds is 5. The molecule has 0 fully saturated rings. The lowest BCUT2D eigenvalue weighted by molar-refractivity contribution is -0.0685. The van der Waals surface area contributed by atoms with E-state index in [1.807, 2.05) is 0 Å². The van der Waals surface area contributed by atoms with Crippen LogP contribution in [0, 0.1) is 5.82 Å². The van der Waals surface area contributed by atoms with Crippen LogP contribution in [0.5, 0.6) is 11.5 Å². The maximum Gasteiger partial charge on any atom is 0.417 e. The van der Waals surface area contributed by atoms with Crippen LogP contribution in [0.2, 0.25) is 0 Å². The lowest BCUT2D eigenvalue weighted by Gasteiger charge is -2.20. The van der Waals surface area contributed by atoms with E-state index in [1.54, 1.807) is 24.3 Å². The Morgan fingerprint density at radius 2 is 1.00 bits per heavy atom. The summed E-state index contributed by atoms with van der Waals surface area (Å²) >= 11 is 0. The van der Waals surface area contributed by atoms with Crippen LogP contribution in [-0.4, -0.2) is 20.4 Å². The zero-order valence-electron chi connectivity index (χ0n) is 15.8. The first-order chi connectivity index (χ1) is 13.8. The maximum atomic E-state index is 14.2. The fourth-order valence-electron chi connectivity index (χ4n) is 3.04. The average molecular weight is 402 g/mol. The predicted molar refractivity (Wildman–Crippen MR) is 104 cm³/mol. The van der Waals surface area contributed by atoms with Gasteiger partial charge in [0.25, 0.3) is 0 Å². The van der Waals surface area contributed by atoms with Crippen LogP contribution in [0.15, 0.2) is 72.8 Å². The van der Waals surface area contributed by atoms with Gasteiger partial charge in [-0.25, -0.2) is 4.39 Å². The normalized spacial score (nSPS) is 12.3. The third-order valence-electron chi connectivity index (χ3n) is 4.42. The fraction of sp³-hybridized carbons (Fsp3) is 0.130. The highest BCUT2D eigenvalue weighted by atomic mass is 19.4. The zero-order valence-corrected chi connectivity index (χ0v) is 15.8. The molecule has 0 unspecified atom stereocenters. The minimum atomic E-state index is -4.65. The Balaban J connectivity index is 2.32. The second-order valence-corrected chi connectivity index (χ2v) is 6.21. The van der Waals surface area contributed by atoms with Crippen LogP contribution in [0.1, 0.15) is 16.7 Å². The van der Waals surface area contributed by atoms with Crippen molar-refractivity contribution in [1.82, 2.24) is 0 Å². The first-order valence-electron chi connectivity index (χ1n) is 8.69. The van der Waals surface area contributed by atoms with Crippen LogP contribution < -0.4 is 9.47 Å². The van der Waals surface area contributed by atoms with E-state index in [-0.39, 0.29) is 16.7 Å². The molecular weight excluding hydrogens is 384 g/mol. The molecule has 150 valence electrons. The molecule has 0 aliphatic carbocycles. The maximum absolute atomic E-state index is 14.2. The highest BCUT2D eigenvalue weighted by molar-refractivity contribution is 6.00. The summed E-state index contributed by atoms with van der Waals surface area (Å²) in [5.41, 5.74) is -0.309. The molecule has 3 aromatic rings. The van der Waals surface area contributed by atoms with Gasteiger partial charge in [0.15, 0.2) is 0 Å². The lowest BCUT2D eigenvalue weighted by atomic mass is 9.89. The van der Waals surface area contributed by atoms with Crippen LogP contribution in [0.4, 0.5) is 17.6 Å². The summed E-state index contributed by atoms with van der Waals surface area (Å²) in [5, 5.41) is 0. The number of halogens is 4. The number of allylic oxidation sites excluding steroid dienone is 1. The molecule has 29 heavy (non-hydrogen) atoms. The van der Waals surface area contributed by atoms with E-state index in [4.69, 9.17) is 9.47 Å². The molecular formula is C23H18F4O2. The molecule has 0 N–H and O–H groups in total. The third kappa shape index (κ3) is 4.59. The smallest absolute Gasteiger partial charge is 0.417 e. The van der Waals surface area contributed by atoms with Crippen LogP contribution in [0.3, 0.4) is 0 Å². The van der Waals surface area contributed by atoms with Crippen molar-refractivity contribution in [2.45, 2.75) is 6.18 Å². The summed E-state index contributed by atoms with van der Waals surface area (Å²) in [6.07, 6.45) is -4.65. The van der Waals surface area contributed by atoms with E-state index < -0.39 is 17.6 Å². The minimum Gasteiger partial charge on any atom is -0.497 e. The Bertz CT molecular complexity index is 987. The quantitative estimate of drug-likeness (QED) is 0.365. The third-order valence-corrected chi connectivity index (χ3v) is 4.42. The van der Waals surface area contributed by atoms with Gasteiger partial charge in [0.05, 0.1) is 19.8 Å². The molecule has 0 spiro atoms. The largest absolute Gasteiger partial charge is 0.497 e. The summed E-state index contributed by atoms with van der Waals surface area (Å²) in [6.45, 7) is 0. The van der Waals surface area contributed by atoms with Gasteiger partial charge in [-0.1, -0.05) is 36.4 Å². The molecule has 0 aliphatic rings. The fourth-order valence-corrected chi connectivity index (χ4v) is 3.04. The molecule has 0 radical (unpaired) electrons. The monoisotopic (exact) mass is 402 g/mol. The van der Waals surface area contributed by atoms with Crippen molar-refractivity contribution < 1.29 is 27.0 Å². The summed E-state index contributed by atoms with van der Waals surface area (Å²) < 4.78 is 66.3. The number of hydrogen-bond acceptors (Lipinski definition) is 2. The van der Waals surface area contributed by atoms with Crippen molar-refractivity contribution in [2.75, 3.05) is 14.2 Å². The highest BCUT2D eigenvalue weighted by Crippen LogP contribution is 2.43. The molecule has 0 aliphatic heterocycles. The van der Waals surface area contributed by atoms with Crippen molar-refractivity contribution in [1.29, 1.82) is 0 Å². The number of ether oxygens (including phenoxy) is 2. The van der Waals surface area contributed by atoms with E-state index in [0.29, 0.717) is 17.1 Å². The Morgan fingerprint density at radius 3 is 1.38 bits per heavy atom. The molecule has 0 amide bonds. The zero-order chi connectivity index (χ0) is 21.0. The van der Waals surface area contributed by atoms with Gasteiger partial charge in [0.2, 0.25) is 0 Å². The Labute approximate surface area is 166 Å². The molecule has 0 bridgehead atoms. The minimum absolute atomic E-state index is 0.0200. The predicted octanol–water partition coefficient (Wildman–Crippen LogP) is 6.36. The summed E-state index contributed by atoms with van der Waals surface area (Å²) in [6, 6.07) is 16.9. The molecule has 3 rings (SSSR count). The summed E-state index contributed by atoms with van der Waals surface area (Å²) in [7, 11) is 2.92. The van der Waals surface area contributed by atoms with Gasteiger partial charge in [-0.05, 0) is 53.1 Å². The lowest BCUT2D eigenvalue weighted by Crippen LogP contribution is -2.14. The van der Waals surface area contributed by atoms with Crippen molar-refractivity contribution >= 4 is 11.1 Å². The van der Waals surface area contributed by atoms with Crippen LogP contribution in [-0.2, 0) is 0 Å². The van der Waals surface area contributed by atoms with Gasteiger partial charge >= 0.3 is 6.18 Å². The van der Waals surface area contributed by atoms with Gasteiger partial charge in [-0.15, -0.1) is 0 Å². The number of alkyl halides is 3. The van der Waals surface area contributed by atoms with E-state index >= 15 is 0 Å².